The Balaban J connectivity index is 1.80. The lowest BCUT2D eigenvalue weighted by atomic mass is 10.2. The summed E-state index contributed by atoms with van der Waals surface area (Å²) in [5.74, 6) is 0. The van der Waals surface area contributed by atoms with E-state index in [1.807, 2.05) is 0 Å². The van der Waals surface area contributed by atoms with E-state index in [1.165, 1.54) is 4.31 Å². The molecule has 0 amide bonds. The van der Waals surface area contributed by atoms with Crippen LogP contribution in [0.1, 0.15) is 16.7 Å². The molecule has 0 aliphatic carbocycles. The highest BCUT2D eigenvalue weighted by Gasteiger charge is 2.36. The van der Waals surface area contributed by atoms with Gasteiger partial charge in [0.15, 0.2) is 0 Å². The van der Waals surface area contributed by atoms with Crippen molar-refractivity contribution in [1.29, 1.82) is 0 Å². The van der Waals surface area contributed by atoms with Crippen LogP contribution in [-0.4, -0.2) is 51.6 Å². The first-order chi connectivity index (χ1) is 13.8. The van der Waals surface area contributed by atoms with Crippen molar-refractivity contribution in [3.63, 3.8) is 0 Å². The third kappa shape index (κ3) is 4.39. The van der Waals surface area contributed by atoms with Crippen LogP contribution in [0.5, 0.6) is 0 Å². The Morgan fingerprint density at radius 2 is 1.37 bits per heavy atom. The van der Waals surface area contributed by atoms with E-state index in [-0.39, 0.29) is 31.1 Å². The Kier molecular flexibility index (Phi) is 6.02. The highest BCUT2D eigenvalue weighted by molar-refractivity contribution is 7.89. The average Bonchev–Trinajstić information content (AvgIpc) is 2.69. The first kappa shape index (κ1) is 22.7. The highest BCUT2D eigenvalue weighted by Crippen LogP contribution is 2.31. The van der Waals surface area contributed by atoms with Crippen LogP contribution in [0.25, 0.3) is 0 Å². The van der Waals surface area contributed by atoms with Crippen LogP contribution in [0.4, 0.5) is 13.2 Å². The summed E-state index contributed by atoms with van der Waals surface area (Å²) in [4.78, 5) is -0.306. The Morgan fingerprint density at radius 3 is 1.93 bits per heavy atom. The number of benzene rings is 2. The third-order valence-corrected chi connectivity index (χ3v) is 8.89. The number of piperazine rings is 1. The van der Waals surface area contributed by atoms with Gasteiger partial charge in [-0.15, -0.1) is 0 Å². The highest BCUT2D eigenvalue weighted by atomic mass is 32.2. The van der Waals surface area contributed by atoms with E-state index in [0.29, 0.717) is 11.6 Å². The summed E-state index contributed by atoms with van der Waals surface area (Å²) >= 11 is 0. The lowest BCUT2D eigenvalue weighted by Gasteiger charge is -2.33. The van der Waals surface area contributed by atoms with Crippen LogP contribution in [-0.2, 0) is 26.2 Å². The molecule has 0 N–H and O–H groups in total. The molecule has 1 heterocycles. The molecule has 2 aromatic carbocycles. The minimum absolute atomic E-state index is 0.0894. The molecule has 0 spiro atoms. The van der Waals surface area contributed by atoms with Crippen molar-refractivity contribution in [2.75, 3.05) is 26.2 Å². The lowest BCUT2D eigenvalue weighted by molar-refractivity contribution is -0.137. The summed E-state index contributed by atoms with van der Waals surface area (Å²) < 4.78 is 92.5. The van der Waals surface area contributed by atoms with Gasteiger partial charge in [-0.1, -0.05) is 18.2 Å². The smallest absolute Gasteiger partial charge is 0.207 e. The molecule has 0 saturated carbocycles. The maximum Gasteiger partial charge on any atom is 0.416 e. The summed E-state index contributed by atoms with van der Waals surface area (Å²) in [5, 5.41) is 0. The molecule has 0 bridgehead atoms. The van der Waals surface area contributed by atoms with E-state index in [2.05, 4.69) is 0 Å². The number of alkyl halides is 3. The second kappa shape index (κ2) is 7.95. The van der Waals surface area contributed by atoms with Gasteiger partial charge in [-0.05, 0) is 49.2 Å². The molecule has 1 aliphatic rings. The zero-order valence-corrected chi connectivity index (χ0v) is 18.0. The summed E-state index contributed by atoms with van der Waals surface area (Å²) in [5.41, 5.74) is 0.310. The summed E-state index contributed by atoms with van der Waals surface area (Å²) in [6.07, 6.45) is -4.66. The topological polar surface area (TPSA) is 74.8 Å². The van der Waals surface area contributed by atoms with Crippen molar-refractivity contribution in [3.05, 3.63) is 59.2 Å². The van der Waals surface area contributed by atoms with Crippen molar-refractivity contribution in [1.82, 2.24) is 8.61 Å². The van der Waals surface area contributed by atoms with Crippen molar-refractivity contribution >= 4 is 20.0 Å². The predicted octanol–water partition coefficient (Wildman–Crippen LogP) is 3.02. The van der Waals surface area contributed by atoms with Gasteiger partial charge in [0, 0.05) is 26.2 Å². The van der Waals surface area contributed by atoms with Gasteiger partial charge in [-0.2, -0.15) is 21.8 Å². The number of rotatable bonds is 4. The van der Waals surface area contributed by atoms with Gasteiger partial charge >= 0.3 is 6.18 Å². The molecule has 0 atom stereocenters. The molecule has 0 radical (unpaired) electrons. The Bertz CT molecular complexity index is 1150. The number of nitrogens with zero attached hydrogens (tertiary/aromatic N) is 2. The maximum atomic E-state index is 13.0. The quantitative estimate of drug-likeness (QED) is 0.700. The molecule has 164 valence electrons. The second-order valence-corrected chi connectivity index (χ2v) is 10.9. The lowest BCUT2D eigenvalue weighted by Crippen LogP contribution is -2.50. The Morgan fingerprint density at radius 1 is 0.800 bits per heavy atom. The van der Waals surface area contributed by atoms with E-state index in [1.54, 1.807) is 32.0 Å². The van der Waals surface area contributed by atoms with E-state index < -0.39 is 36.7 Å². The molecule has 30 heavy (non-hydrogen) atoms. The molecule has 6 nitrogen and oxygen atoms in total. The van der Waals surface area contributed by atoms with Crippen LogP contribution >= 0.6 is 0 Å². The molecule has 1 fully saturated rings. The zero-order valence-electron chi connectivity index (χ0n) is 16.3. The molecule has 2 aromatic rings. The van der Waals surface area contributed by atoms with Crippen molar-refractivity contribution in [2.24, 2.45) is 0 Å². The largest absolute Gasteiger partial charge is 0.416 e. The number of halogens is 3. The predicted molar refractivity (Wildman–Crippen MR) is 105 cm³/mol. The minimum Gasteiger partial charge on any atom is -0.207 e. The molecule has 0 aromatic heterocycles. The maximum absolute atomic E-state index is 13.0. The first-order valence-electron chi connectivity index (χ1n) is 9.08. The number of sulfonamides is 2. The monoisotopic (exact) mass is 462 g/mol. The van der Waals surface area contributed by atoms with Crippen LogP contribution < -0.4 is 0 Å². The zero-order chi connectivity index (χ0) is 22.3. The average molecular weight is 463 g/mol. The van der Waals surface area contributed by atoms with E-state index in [9.17, 15) is 30.0 Å². The molecule has 1 saturated heterocycles. The van der Waals surface area contributed by atoms with E-state index >= 15 is 0 Å². The standard InChI is InChI=1S/C19H21F3N2O4S2/c1-14-6-7-15(2)18(12-14)30(27,28)24-10-8-23(9-11-24)29(25,26)17-5-3-4-16(13-17)19(20,21)22/h3-7,12-13H,8-11H2,1-2H3. The van der Waals surface area contributed by atoms with Crippen LogP contribution in [0.2, 0.25) is 0 Å². The van der Waals surface area contributed by atoms with Gasteiger partial charge in [0.25, 0.3) is 0 Å². The van der Waals surface area contributed by atoms with Crippen molar-refractivity contribution in [2.45, 2.75) is 29.8 Å². The number of hydrogen-bond donors (Lipinski definition) is 0. The van der Waals surface area contributed by atoms with Gasteiger partial charge < -0.3 is 0 Å². The van der Waals surface area contributed by atoms with Gasteiger partial charge in [-0.25, -0.2) is 16.8 Å². The number of hydrogen-bond acceptors (Lipinski definition) is 4. The second-order valence-electron chi connectivity index (χ2n) is 7.10. The van der Waals surface area contributed by atoms with Gasteiger partial charge in [0.05, 0.1) is 15.4 Å². The summed E-state index contributed by atoms with van der Waals surface area (Å²) in [6.45, 7) is 2.98. The van der Waals surface area contributed by atoms with Gasteiger partial charge in [-0.3, -0.25) is 0 Å². The third-order valence-electron chi connectivity index (χ3n) is 4.96. The van der Waals surface area contributed by atoms with Gasteiger partial charge in [0.2, 0.25) is 20.0 Å². The van der Waals surface area contributed by atoms with E-state index in [4.69, 9.17) is 0 Å². The summed E-state index contributed by atoms with van der Waals surface area (Å²) in [7, 11) is -7.99. The minimum atomic E-state index is -4.66. The molecular formula is C19H21F3N2O4S2. The number of aryl methyl sites for hydroxylation is 2. The van der Waals surface area contributed by atoms with Crippen LogP contribution in [0.15, 0.2) is 52.3 Å². The molecule has 1 aliphatic heterocycles. The van der Waals surface area contributed by atoms with Crippen molar-refractivity contribution < 1.29 is 30.0 Å². The normalized spacial score (nSPS) is 17.2. The van der Waals surface area contributed by atoms with Crippen LogP contribution in [0, 0.1) is 13.8 Å². The fourth-order valence-corrected chi connectivity index (χ4v) is 6.46. The molecule has 3 rings (SSSR count). The Hall–Kier alpha value is -1.95. The van der Waals surface area contributed by atoms with Crippen LogP contribution in [0.3, 0.4) is 0 Å². The summed E-state index contributed by atoms with van der Waals surface area (Å²) in [6, 6.07) is 8.60. The first-order valence-corrected chi connectivity index (χ1v) is 12.0. The molecule has 0 unspecified atom stereocenters. The molecular weight excluding hydrogens is 441 g/mol. The van der Waals surface area contributed by atoms with E-state index in [0.717, 1.165) is 28.1 Å². The fourth-order valence-electron chi connectivity index (χ4n) is 3.26. The molecule has 11 heteroatoms. The van der Waals surface area contributed by atoms with Gasteiger partial charge in [0.1, 0.15) is 0 Å². The SMILES string of the molecule is Cc1ccc(C)c(S(=O)(=O)N2CCN(S(=O)(=O)c3cccc(C(F)(F)F)c3)CC2)c1. The Labute approximate surface area is 174 Å². The fraction of sp³-hybridized carbons (Fsp3) is 0.368. The van der Waals surface area contributed by atoms with Crippen molar-refractivity contribution in [3.8, 4) is 0 Å².